The third-order valence-electron chi connectivity index (χ3n) is 6.35. The van der Waals surface area contributed by atoms with Crippen molar-refractivity contribution in [2.75, 3.05) is 21.1 Å². The molecule has 0 heterocycles. The minimum absolute atomic E-state index is 0.0954. The van der Waals surface area contributed by atoms with Crippen LogP contribution in [0.3, 0.4) is 0 Å². The van der Waals surface area contributed by atoms with E-state index in [0.717, 1.165) is 28.5 Å². The van der Waals surface area contributed by atoms with Gasteiger partial charge in [0.1, 0.15) is 5.69 Å². The summed E-state index contributed by atoms with van der Waals surface area (Å²) in [4.78, 5) is 12.9. The number of Topliss-reactive ketones (excluding diaryl/α,β-unsaturated/α-hetero) is 1. The van der Waals surface area contributed by atoms with Crippen LogP contribution in [0.15, 0.2) is 29.8 Å². The first kappa shape index (κ1) is 15.5. The summed E-state index contributed by atoms with van der Waals surface area (Å²) < 4.78 is 0.809. The van der Waals surface area contributed by atoms with E-state index < -0.39 is 0 Å². The van der Waals surface area contributed by atoms with Crippen LogP contribution in [0, 0.1) is 16.7 Å². The van der Waals surface area contributed by atoms with Crippen LogP contribution < -0.4 is 4.48 Å². The standard InChI is InChI=1S/C20H28NO/c1-19(2)17-11-12-20(19,3)18(22)16(17)13-14-7-9-15(10-8-14)21(4,5)6/h7-10,13,17H,11-12H2,1-6H3/q+1/b16-13-/t17-,20+/m0/s1. The molecule has 0 aromatic heterocycles. The van der Waals surface area contributed by atoms with E-state index in [1.807, 2.05) is 0 Å². The molecular formula is C20H28NO+. The second-order valence-corrected chi connectivity index (χ2v) is 8.68. The number of rotatable bonds is 2. The van der Waals surface area contributed by atoms with Crippen LogP contribution in [0.2, 0.25) is 0 Å². The number of hydrogen-bond acceptors (Lipinski definition) is 1. The molecule has 2 heteroatoms. The summed E-state index contributed by atoms with van der Waals surface area (Å²) in [5, 5.41) is 0. The maximum absolute atomic E-state index is 12.9. The highest BCUT2D eigenvalue weighted by atomic mass is 16.1. The molecule has 3 rings (SSSR count). The van der Waals surface area contributed by atoms with Gasteiger partial charge < -0.3 is 0 Å². The molecule has 2 saturated carbocycles. The van der Waals surface area contributed by atoms with Gasteiger partial charge in [0.05, 0.1) is 21.1 Å². The first-order valence-electron chi connectivity index (χ1n) is 8.26. The Morgan fingerprint density at radius 3 is 2.14 bits per heavy atom. The molecule has 0 aliphatic heterocycles. The zero-order chi connectivity index (χ0) is 16.3. The smallest absolute Gasteiger partial charge is 0.165 e. The maximum Gasteiger partial charge on any atom is 0.165 e. The normalized spacial score (nSPS) is 32.0. The Morgan fingerprint density at radius 2 is 1.68 bits per heavy atom. The van der Waals surface area contributed by atoms with Crippen molar-refractivity contribution in [1.82, 2.24) is 4.48 Å². The van der Waals surface area contributed by atoms with Crippen molar-refractivity contribution >= 4 is 17.5 Å². The van der Waals surface area contributed by atoms with Crippen molar-refractivity contribution in [2.45, 2.75) is 33.6 Å². The number of hydrogen-bond donors (Lipinski definition) is 0. The van der Waals surface area contributed by atoms with E-state index in [0.29, 0.717) is 11.7 Å². The van der Waals surface area contributed by atoms with E-state index in [9.17, 15) is 4.79 Å². The first-order chi connectivity index (χ1) is 10.1. The molecule has 1 aromatic rings. The molecule has 0 saturated heterocycles. The van der Waals surface area contributed by atoms with Gasteiger partial charge in [-0.2, -0.15) is 0 Å². The molecule has 2 aliphatic carbocycles. The molecule has 2 aliphatic rings. The lowest BCUT2D eigenvalue weighted by Gasteiger charge is -2.31. The third-order valence-corrected chi connectivity index (χ3v) is 6.35. The van der Waals surface area contributed by atoms with E-state index in [4.69, 9.17) is 0 Å². The van der Waals surface area contributed by atoms with Crippen molar-refractivity contribution in [1.29, 1.82) is 0 Å². The van der Waals surface area contributed by atoms with Gasteiger partial charge in [-0.15, -0.1) is 0 Å². The van der Waals surface area contributed by atoms with Crippen molar-refractivity contribution in [2.24, 2.45) is 16.7 Å². The van der Waals surface area contributed by atoms with Crippen LogP contribution in [0.5, 0.6) is 0 Å². The monoisotopic (exact) mass is 298 g/mol. The predicted octanol–water partition coefficient (Wildman–Crippen LogP) is 4.29. The zero-order valence-corrected chi connectivity index (χ0v) is 14.7. The van der Waals surface area contributed by atoms with Gasteiger partial charge in [0, 0.05) is 5.41 Å². The van der Waals surface area contributed by atoms with Gasteiger partial charge in [0.2, 0.25) is 0 Å². The Bertz CT molecular complexity index is 645. The second-order valence-electron chi connectivity index (χ2n) is 8.68. The quantitative estimate of drug-likeness (QED) is 0.588. The van der Waals surface area contributed by atoms with E-state index >= 15 is 0 Å². The predicted molar refractivity (Wildman–Crippen MR) is 93.6 cm³/mol. The van der Waals surface area contributed by atoms with Crippen LogP contribution in [0.1, 0.15) is 39.2 Å². The Morgan fingerprint density at radius 1 is 1.09 bits per heavy atom. The second kappa shape index (κ2) is 4.55. The van der Waals surface area contributed by atoms with Gasteiger partial charge in [-0.3, -0.25) is 9.28 Å². The van der Waals surface area contributed by atoms with Crippen LogP contribution in [0.4, 0.5) is 5.69 Å². The first-order valence-corrected chi connectivity index (χ1v) is 8.26. The average Bonchev–Trinajstić information content (AvgIpc) is 2.73. The van der Waals surface area contributed by atoms with Crippen LogP contribution in [-0.4, -0.2) is 26.9 Å². The lowest BCUT2D eigenvalue weighted by atomic mass is 9.70. The van der Waals surface area contributed by atoms with Crippen LogP contribution in [0.25, 0.3) is 6.08 Å². The summed E-state index contributed by atoms with van der Waals surface area (Å²) in [5.74, 6) is 0.799. The number of fused-ring (bicyclic) bond motifs is 2. The molecule has 118 valence electrons. The van der Waals surface area contributed by atoms with Gasteiger partial charge >= 0.3 is 0 Å². The molecule has 0 unspecified atom stereocenters. The summed E-state index contributed by atoms with van der Waals surface area (Å²) in [6, 6.07) is 8.61. The summed E-state index contributed by atoms with van der Waals surface area (Å²) >= 11 is 0. The number of benzene rings is 1. The molecule has 1 aromatic carbocycles. The molecule has 0 N–H and O–H groups in total. The Hall–Kier alpha value is -1.41. The van der Waals surface area contributed by atoms with Crippen molar-refractivity contribution in [3.05, 3.63) is 35.4 Å². The number of carbonyl (C=O) groups is 1. The molecule has 0 radical (unpaired) electrons. The minimum atomic E-state index is -0.161. The molecule has 2 bridgehead atoms. The molecule has 0 spiro atoms. The Balaban J connectivity index is 1.96. The third kappa shape index (κ3) is 2.00. The van der Waals surface area contributed by atoms with E-state index in [1.54, 1.807) is 0 Å². The number of nitrogens with zero attached hydrogens (tertiary/aromatic N) is 1. The molecular weight excluding hydrogens is 270 g/mol. The topological polar surface area (TPSA) is 17.1 Å². The summed E-state index contributed by atoms with van der Waals surface area (Å²) in [7, 11) is 6.49. The molecule has 2 nitrogen and oxygen atoms in total. The highest BCUT2D eigenvalue weighted by Crippen LogP contribution is 2.65. The molecule has 2 atom stereocenters. The number of allylic oxidation sites excluding steroid dienone is 1. The fraction of sp³-hybridized carbons (Fsp3) is 0.550. The van der Waals surface area contributed by atoms with E-state index in [-0.39, 0.29) is 10.8 Å². The largest absolute Gasteiger partial charge is 0.298 e. The molecule has 2 fully saturated rings. The Kier molecular flexibility index (Phi) is 3.20. The fourth-order valence-corrected chi connectivity index (χ4v) is 4.29. The number of carbonyl (C=O) groups excluding carboxylic acids is 1. The molecule has 22 heavy (non-hydrogen) atoms. The van der Waals surface area contributed by atoms with E-state index in [2.05, 4.69) is 72.3 Å². The maximum atomic E-state index is 12.9. The van der Waals surface area contributed by atoms with Crippen LogP contribution in [-0.2, 0) is 4.79 Å². The number of quaternary nitrogens is 1. The lowest BCUT2D eigenvalue weighted by Crippen LogP contribution is -2.34. The number of ketones is 1. The van der Waals surface area contributed by atoms with Crippen LogP contribution >= 0.6 is 0 Å². The molecule has 0 amide bonds. The highest BCUT2D eigenvalue weighted by Gasteiger charge is 2.63. The lowest BCUT2D eigenvalue weighted by molar-refractivity contribution is -0.125. The van der Waals surface area contributed by atoms with Gasteiger partial charge in [-0.1, -0.05) is 20.8 Å². The van der Waals surface area contributed by atoms with Gasteiger partial charge in [0.25, 0.3) is 0 Å². The van der Waals surface area contributed by atoms with E-state index in [1.165, 1.54) is 5.69 Å². The van der Waals surface area contributed by atoms with Gasteiger partial charge in [-0.25, -0.2) is 0 Å². The van der Waals surface area contributed by atoms with Gasteiger partial charge in [0.15, 0.2) is 5.78 Å². The zero-order valence-electron chi connectivity index (χ0n) is 14.7. The minimum Gasteiger partial charge on any atom is -0.298 e. The fourth-order valence-electron chi connectivity index (χ4n) is 4.29. The summed E-state index contributed by atoms with van der Waals surface area (Å²) in [5.41, 5.74) is 3.40. The average molecular weight is 298 g/mol. The summed E-state index contributed by atoms with van der Waals surface area (Å²) in [6.07, 6.45) is 4.33. The van der Waals surface area contributed by atoms with Crippen molar-refractivity contribution < 1.29 is 4.79 Å². The van der Waals surface area contributed by atoms with Gasteiger partial charge in [-0.05, 0) is 65.7 Å². The van der Waals surface area contributed by atoms with Crippen molar-refractivity contribution in [3.63, 3.8) is 0 Å². The Labute approximate surface area is 134 Å². The SMILES string of the molecule is CC1(C)[C@H]2CC[C@]1(C)C(=O)/C2=C\c1ccc([N+](C)(C)C)cc1. The highest BCUT2D eigenvalue weighted by molar-refractivity contribution is 6.07. The van der Waals surface area contributed by atoms with Crippen molar-refractivity contribution in [3.8, 4) is 0 Å². The summed E-state index contributed by atoms with van der Waals surface area (Å²) in [6.45, 7) is 6.70.